The number of carbonyl (C=O) groups excluding carboxylic acids is 2. The second kappa shape index (κ2) is 10.2. The third-order valence-corrected chi connectivity index (χ3v) is 6.17. The van der Waals surface area contributed by atoms with Crippen LogP contribution >= 0.6 is 11.3 Å². The van der Waals surface area contributed by atoms with Gasteiger partial charge < -0.3 is 5.32 Å². The highest BCUT2D eigenvalue weighted by molar-refractivity contribution is 7.16. The first kappa shape index (κ1) is 21.7. The van der Waals surface area contributed by atoms with E-state index in [1.54, 1.807) is 24.3 Å². The number of rotatable bonds is 8. The van der Waals surface area contributed by atoms with E-state index < -0.39 is 0 Å². The molecule has 156 valence electrons. The Morgan fingerprint density at radius 2 is 1.60 bits per heavy atom. The van der Waals surface area contributed by atoms with Gasteiger partial charge >= 0.3 is 0 Å². The molecular formula is C24H27N3O2S. The smallest absolute Gasteiger partial charge is 0.257 e. The van der Waals surface area contributed by atoms with Crippen LogP contribution < -0.4 is 10.6 Å². The summed E-state index contributed by atoms with van der Waals surface area (Å²) in [6.45, 7) is 6.10. The van der Waals surface area contributed by atoms with Gasteiger partial charge in [-0.1, -0.05) is 51.1 Å². The minimum Gasteiger partial charge on any atom is -0.326 e. The molecule has 2 aromatic carbocycles. The van der Waals surface area contributed by atoms with Gasteiger partial charge in [-0.15, -0.1) is 11.3 Å². The van der Waals surface area contributed by atoms with Crippen molar-refractivity contribution < 1.29 is 9.59 Å². The van der Waals surface area contributed by atoms with Crippen molar-refractivity contribution in [3.8, 4) is 11.3 Å². The van der Waals surface area contributed by atoms with Crippen LogP contribution in [0.15, 0.2) is 54.6 Å². The van der Waals surface area contributed by atoms with Gasteiger partial charge in [0.1, 0.15) is 0 Å². The minimum absolute atomic E-state index is 0.00412. The minimum atomic E-state index is -0.219. The molecule has 2 N–H and O–H groups in total. The Labute approximate surface area is 181 Å². The van der Waals surface area contributed by atoms with Crippen LogP contribution in [0.25, 0.3) is 11.3 Å². The van der Waals surface area contributed by atoms with Gasteiger partial charge in [0.2, 0.25) is 5.91 Å². The zero-order valence-electron chi connectivity index (χ0n) is 17.6. The summed E-state index contributed by atoms with van der Waals surface area (Å²) in [6, 6.07) is 16.9. The number of hydrogen-bond donors (Lipinski definition) is 2. The molecule has 0 radical (unpaired) electrons. The number of nitrogens with one attached hydrogen (secondary N) is 2. The molecule has 0 saturated heterocycles. The summed E-state index contributed by atoms with van der Waals surface area (Å²) in [7, 11) is 0. The summed E-state index contributed by atoms with van der Waals surface area (Å²) in [4.78, 5) is 30.7. The number of carbonyl (C=O) groups is 2. The van der Waals surface area contributed by atoms with Gasteiger partial charge in [-0.2, -0.15) is 0 Å². The molecule has 3 rings (SSSR count). The molecule has 1 heterocycles. The van der Waals surface area contributed by atoms with E-state index in [-0.39, 0.29) is 17.7 Å². The number of benzene rings is 2. The highest BCUT2D eigenvalue weighted by Gasteiger charge is 2.16. The molecule has 0 aliphatic carbocycles. The SMILES string of the molecule is CCc1sc(NC(=O)c2ccc(NC(=O)C(CC)CC)cc2)nc1-c1ccccc1. The van der Waals surface area contributed by atoms with E-state index in [0.29, 0.717) is 16.4 Å². The number of aryl methyl sites for hydroxylation is 1. The molecule has 0 bridgehead atoms. The Hall–Kier alpha value is -2.99. The fraction of sp³-hybridized carbons (Fsp3) is 0.292. The van der Waals surface area contributed by atoms with Gasteiger partial charge in [-0.3, -0.25) is 14.9 Å². The predicted molar refractivity (Wildman–Crippen MR) is 124 cm³/mol. The molecule has 30 heavy (non-hydrogen) atoms. The van der Waals surface area contributed by atoms with Gasteiger partial charge in [-0.25, -0.2) is 4.98 Å². The van der Waals surface area contributed by atoms with Crippen molar-refractivity contribution in [1.29, 1.82) is 0 Å². The molecule has 0 atom stereocenters. The van der Waals surface area contributed by atoms with Crippen LogP contribution in [-0.4, -0.2) is 16.8 Å². The van der Waals surface area contributed by atoms with Crippen molar-refractivity contribution >= 4 is 34.0 Å². The van der Waals surface area contributed by atoms with Crippen LogP contribution in [0, 0.1) is 5.92 Å². The third kappa shape index (κ3) is 5.13. The van der Waals surface area contributed by atoms with Gasteiger partial charge in [0.05, 0.1) is 5.69 Å². The Balaban J connectivity index is 1.69. The van der Waals surface area contributed by atoms with Crippen molar-refractivity contribution in [1.82, 2.24) is 4.98 Å². The highest BCUT2D eigenvalue weighted by atomic mass is 32.1. The number of hydrogen-bond acceptors (Lipinski definition) is 4. The first-order valence-corrected chi connectivity index (χ1v) is 11.1. The van der Waals surface area contributed by atoms with E-state index in [1.165, 1.54) is 11.3 Å². The van der Waals surface area contributed by atoms with Crippen LogP contribution in [0.4, 0.5) is 10.8 Å². The lowest BCUT2D eigenvalue weighted by molar-refractivity contribution is -0.120. The van der Waals surface area contributed by atoms with Crippen LogP contribution in [0.2, 0.25) is 0 Å². The van der Waals surface area contributed by atoms with Crippen molar-refractivity contribution in [2.75, 3.05) is 10.6 Å². The maximum Gasteiger partial charge on any atom is 0.257 e. The molecule has 0 saturated carbocycles. The summed E-state index contributed by atoms with van der Waals surface area (Å²) in [5.74, 6) is -0.200. The second-order valence-electron chi connectivity index (χ2n) is 7.04. The number of nitrogens with zero attached hydrogens (tertiary/aromatic N) is 1. The van der Waals surface area contributed by atoms with E-state index in [9.17, 15) is 9.59 Å². The predicted octanol–water partition coefficient (Wildman–Crippen LogP) is 6.00. The normalized spacial score (nSPS) is 10.8. The Kier molecular flexibility index (Phi) is 7.36. The average Bonchev–Trinajstić information content (AvgIpc) is 3.18. The van der Waals surface area contributed by atoms with Crippen LogP contribution in [-0.2, 0) is 11.2 Å². The van der Waals surface area contributed by atoms with E-state index in [1.807, 2.05) is 44.2 Å². The number of anilines is 2. The topological polar surface area (TPSA) is 71.1 Å². The van der Waals surface area contributed by atoms with Crippen LogP contribution in [0.1, 0.15) is 48.8 Å². The largest absolute Gasteiger partial charge is 0.326 e. The lowest BCUT2D eigenvalue weighted by Crippen LogP contribution is -2.21. The average molecular weight is 422 g/mol. The lowest BCUT2D eigenvalue weighted by Gasteiger charge is -2.13. The molecule has 1 aromatic heterocycles. The molecule has 3 aromatic rings. The lowest BCUT2D eigenvalue weighted by atomic mass is 10.0. The Morgan fingerprint density at radius 3 is 2.20 bits per heavy atom. The summed E-state index contributed by atoms with van der Waals surface area (Å²) in [5, 5.41) is 6.40. The van der Waals surface area contributed by atoms with Crippen molar-refractivity contribution in [3.63, 3.8) is 0 Å². The summed E-state index contributed by atoms with van der Waals surface area (Å²) < 4.78 is 0. The first-order chi connectivity index (χ1) is 14.5. The second-order valence-corrected chi connectivity index (χ2v) is 8.13. The van der Waals surface area contributed by atoms with Gasteiger partial charge in [0.25, 0.3) is 5.91 Å². The molecule has 5 nitrogen and oxygen atoms in total. The zero-order chi connectivity index (χ0) is 21.5. The zero-order valence-corrected chi connectivity index (χ0v) is 18.4. The number of amides is 2. The van der Waals surface area contributed by atoms with Crippen molar-refractivity contribution in [2.24, 2.45) is 5.92 Å². The molecular weight excluding hydrogens is 394 g/mol. The molecule has 2 amide bonds. The fourth-order valence-corrected chi connectivity index (χ4v) is 4.16. The monoisotopic (exact) mass is 421 g/mol. The number of aromatic nitrogens is 1. The molecule has 0 aliphatic rings. The van der Waals surface area contributed by atoms with Crippen molar-refractivity contribution in [2.45, 2.75) is 40.0 Å². The van der Waals surface area contributed by atoms with Crippen LogP contribution in [0.5, 0.6) is 0 Å². The fourth-order valence-electron chi connectivity index (χ4n) is 3.24. The maximum absolute atomic E-state index is 12.7. The third-order valence-electron chi connectivity index (χ3n) is 5.06. The first-order valence-electron chi connectivity index (χ1n) is 10.3. The van der Waals surface area contributed by atoms with Crippen molar-refractivity contribution in [3.05, 3.63) is 65.0 Å². The van der Waals surface area contributed by atoms with Crippen LogP contribution in [0.3, 0.4) is 0 Å². The Morgan fingerprint density at radius 1 is 0.933 bits per heavy atom. The quantitative estimate of drug-likeness (QED) is 0.469. The molecule has 0 spiro atoms. The maximum atomic E-state index is 12.7. The van der Waals surface area contributed by atoms with Gasteiger partial charge in [0, 0.05) is 27.6 Å². The summed E-state index contributed by atoms with van der Waals surface area (Å²) in [6.07, 6.45) is 2.46. The highest BCUT2D eigenvalue weighted by Crippen LogP contribution is 2.31. The van der Waals surface area contributed by atoms with E-state index in [0.717, 1.165) is 35.4 Å². The standard InChI is InChI=1S/C24H27N3O2S/c1-4-16(5-2)22(28)25-19-14-12-18(13-15-19)23(29)27-24-26-21(20(6-3)30-24)17-10-8-7-9-11-17/h7-16H,4-6H2,1-3H3,(H,25,28)(H,26,27,29). The van der Waals surface area contributed by atoms with E-state index in [4.69, 9.17) is 0 Å². The van der Waals surface area contributed by atoms with E-state index in [2.05, 4.69) is 22.5 Å². The molecule has 0 aliphatic heterocycles. The summed E-state index contributed by atoms with van der Waals surface area (Å²) >= 11 is 1.50. The van der Waals surface area contributed by atoms with Gasteiger partial charge in [-0.05, 0) is 43.5 Å². The van der Waals surface area contributed by atoms with E-state index >= 15 is 0 Å². The van der Waals surface area contributed by atoms with Gasteiger partial charge in [0.15, 0.2) is 5.13 Å². The number of thiazole rings is 1. The summed E-state index contributed by atoms with van der Waals surface area (Å²) in [5.41, 5.74) is 3.17. The molecule has 6 heteroatoms. The molecule has 0 unspecified atom stereocenters. The Bertz CT molecular complexity index is 993. The molecule has 0 fully saturated rings.